The Morgan fingerprint density at radius 3 is 2.43 bits per heavy atom. The van der Waals surface area contributed by atoms with E-state index in [4.69, 9.17) is 33.8 Å². The van der Waals surface area contributed by atoms with Crippen molar-refractivity contribution in [2.75, 3.05) is 87.4 Å². The average molecular weight is 724 g/mol. The van der Waals surface area contributed by atoms with Crippen LogP contribution in [0.15, 0.2) is 58.0 Å². The van der Waals surface area contributed by atoms with E-state index < -0.39 is 0 Å². The third-order valence-electron chi connectivity index (χ3n) is 10.3. The van der Waals surface area contributed by atoms with E-state index in [2.05, 4.69) is 61.6 Å². The number of carboxylic acid groups (broad SMARTS) is 1. The van der Waals surface area contributed by atoms with Gasteiger partial charge in [-0.2, -0.15) is 10.1 Å². The molecule has 0 radical (unpaired) electrons. The number of aromatic nitrogens is 5. The summed E-state index contributed by atoms with van der Waals surface area (Å²) in [5.74, 6) is 7.89. The molecule has 2 N–H and O–H groups in total. The third kappa shape index (κ3) is 7.57. The molecule has 53 heavy (non-hydrogen) atoms. The summed E-state index contributed by atoms with van der Waals surface area (Å²) in [5.41, 5.74) is 4.31. The van der Waals surface area contributed by atoms with Crippen molar-refractivity contribution < 1.29 is 23.8 Å². The van der Waals surface area contributed by atoms with E-state index in [1.54, 1.807) is 10.9 Å². The van der Waals surface area contributed by atoms with E-state index in [-0.39, 0.29) is 23.7 Å². The molecule has 278 valence electrons. The summed E-state index contributed by atoms with van der Waals surface area (Å²) in [6.45, 7) is 10.3. The van der Waals surface area contributed by atoms with E-state index >= 15 is 0 Å². The van der Waals surface area contributed by atoms with Gasteiger partial charge in [-0.05, 0) is 57.0 Å². The molecule has 4 fully saturated rings. The highest BCUT2D eigenvalue weighted by atomic mass is 16.6. The Balaban J connectivity index is 0.000000153. The fourth-order valence-electron chi connectivity index (χ4n) is 7.13. The zero-order valence-electron chi connectivity index (χ0n) is 30.3. The van der Waals surface area contributed by atoms with Gasteiger partial charge in [0, 0.05) is 76.2 Å². The molecule has 4 aliphatic heterocycles. The molecule has 1 unspecified atom stereocenters. The molecule has 0 bridgehead atoms. The van der Waals surface area contributed by atoms with Crippen LogP contribution in [0.5, 0.6) is 0 Å². The standard InChI is InChI=1S/C19H23N5O.C18H20N4O3.CH2O2/c1-22-10-12-24(13-11-22)19-20-16-14-6-2-3-7-15(14)25-17(16)18(21-19)23-8-4-5-9-23;1-13-18(11-24-12-18)25-8-7-22(13)16-9-14(10-19-17(16)23)3-4-15-5-6-21(2)20-15;2-1-3/h2-3,6-7H,4-5,8-13H2,1H3;5-6,9-10,13H,7-8,11-12H2,1-2H3,(H,19,23);1H,(H,2,3). The van der Waals surface area contributed by atoms with E-state index in [9.17, 15) is 4.79 Å². The van der Waals surface area contributed by atoms with E-state index in [1.165, 1.54) is 12.8 Å². The molecule has 4 aromatic heterocycles. The first-order valence-electron chi connectivity index (χ1n) is 18.0. The zero-order valence-corrected chi connectivity index (χ0v) is 30.3. The second-order valence-electron chi connectivity index (χ2n) is 13.7. The van der Waals surface area contributed by atoms with Crippen LogP contribution in [0.2, 0.25) is 0 Å². The van der Waals surface area contributed by atoms with Gasteiger partial charge in [0.15, 0.2) is 11.4 Å². The average Bonchev–Trinajstić information content (AvgIpc) is 3.92. The maximum Gasteiger partial charge on any atom is 0.290 e. The largest absolute Gasteiger partial charge is 0.483 e. The maximum absolute atomic E-state index is 12.4. The highest BCUT2D eigenvalue weighted by molar-refractivity contribution is 6.06. The number of benzene rings is 1. The van der Waals surface area contributed by atoms with Crippen molar-refractivity contribution in [2.45, 2.75) is 31.4 Å². The molecule has 4 saturated heterocycles. The summed E-state index contributed by atoms with van der Waals surface area (Å²) in [5, 5.41) is 12.2. The molecular weight excluding hydrogens is 678 g/mol. The molecule has 1 aromatic carbocycles. The predicted octanol–water partition coefficient (Wildman–Crippen LogP) is 2.93. The number of likely N-dealkylation sites (N-methyl/N-ethyl adjacent to an activating group) is 1. The summed E-state index contributed by atoms with van der Waals surface area (Å²) in [7, 11) is 4.02. The van der Waals surface area contributed by atoms with Crippen LogP contribution in [0.1, 0.15) is 31.0 Å². The van der Waals surface area contributed by atoms with Gasteiger partial charge in [-0.3, -0.25) is 14.3 Å². The lowest BCUT2D eigenvalue weighted by Gasteiger charge is -2.53. The number of nitrogens with zero attached hydrogens (tertiary/aromatic N) is 8. The van der Waals surface area contributed by atoms with E-state index in [0.717, 1.165) is 78.7 Å². The van der Waals surface area contributed by atoms with E-state index in [0.29, 0.717) is 37.7 Å². The lowest BCUT2D eigenvalue weighted by Crippen LogP contribution is -2.68. The number of aryl methyl sites for hydroxylation is 1. The number of H-pyrrole nitrogens is 1. The van der Waals surface area contributed by atoms with Crippen molar-refractivity contribution in [2.24, 2.45) is 7.05 Å². The summed E-state index contributed by atoms with van der Waals surface area (Å²) in [6, 6.07) is 11.9. The van der Waals surface area contributed by atoms with Crippen LogP contribution in [-0.2, 0) is 21.3 Å². The minimum atomic E-state index is -0.305. The van der Waals surface area contributed by atoms with Crippen molar-refractivity contribution in [3.8, 4) is 11.8 Å². The summed E-state index contributed by atoms with van der Waals surface area (Å²) in [6.07, 6.45) is 5.91. The number of hydrogen-bond acceptors (Lipinski definition) is 12. The number of nitrogens with one attached hydrogen (secondary N) is 1. The molecule has 1 atom stereocenters. The molecular formula is C38H45N9O6. The van der Waals surface area contributed by atoms with Crippen molar-refractivity contribution in [3.05, 3.63) is 70.4 Å². The Hall–Kier alpha value is -5.43. The fraction of sp³-hybridized carbons (Fsp3) is 0.447. The number of piperazine rings is 1. The van der Waals surface area contributed by atoms with Gasteiger partial charge in [-0.1, -0.05) is 18.1 Å². The van der Waals surface area contributed by atoms with Crippen LogP contribution in [-0.4, -0.2) is 126 Å². The van der Waals surface area contributed by atoms with Crippen molar-refractivity contribution >= 4 is 46.0 Å². The zero-order chi connectivity index (χ0) is 37.0. The summed E-state index contributed by atoms with van der Waals surface area (Å²) < 4.78 is 19.1. The molecule has 5 aromatic rings. The van der Waals surface area contributed by atoms with Gasteiger partial charge in [0.05, 0.1) is 25.9 Å². The molecule has 9 rings (SSSR count). The first kappa shape index (κ1) is 36.0. The van der Waals surface area contributed by atoms with Crippen LogP contribution in [0.3, 0.4) is 0 Å². The van der Waals surface area contributed by atoms with Crippen molar-refractivity contribution in [3.63, 3.8) is 0 Å². The predicted molar refractivity (Wildman–Crippen MR) is 202 cm³/mol. The van der Waals surface area contributed by atoms with Gasteiger partial charge >= 0.3 is 0 Å². The Labute approximate surface area is 307 Å². The minimum Gasteiger partial charge on any atom is -0.483 e. The van der Waals surface area contributed by atoms with Gasteiger partial charge in [0.2, 0.25) is 5.95 Å². The molecule has 4 aliphatic rings. The Morgan fingerprint density at radius 2 is 1.74 bits per heavy atom. The highest BCUT2D eigenvalue weighted by Crippen LogP contribution is 2.36. The van der Waals surface area contributed by atoms with Crippen LogP contribution in [0.4, 0.5) is 17.5 Å². The normalized spacial score (nSPS) is 19.5. The van der Waals surface area contributed by atoms with Gasteiger partial charge in [-0.15, -0.1) is 0 Å². The van der Waals surface area contributed by atoms with Crippen LogP contribution >= 0.6 is 0 Å². The lowest BCUT2D eigenvalue weighted by molar-refractivity contribution is -0.228. The molecule has 0 amide bonds. The second kappa shape index (κ2) is 15.7. The molecule has 0 saturated carbocycles. The van der Waals surface area contributed by atoms with Gasteiger partial charge < -0.3 is 43.6 Å². The number of para-hydroxylation sites is 1. The topological polar surface area (TPSA) is 158 Å². The number of ether oxygens (including phenoxy) is 2. The summed E-state index contributed by atoms with van der Waals surface area (Å²) in [4.78, 5) is 42.5. The monoisotopic (exact) mass is 723 g/mol. The number of anilines is 3. The highest BCUT2D eigenvalue weighted by Gasteiger charge is 2.50. The lowest BCUT2D eigenvalue weighted by atomic mass is 9.90. The smallest absolute Gasteiger partial charge is 0.290 e. The molecule has 8 heterocycles. The Kier molecular flexibility index (Phi) is 10.6. The molecule has 15 heteroatoms. The maximum atomic E-state index is 12.4. The number of pyridine rings is 1. The number of rotatable bonds is 3. The molecule has 1 spiro atoms. The van der Waals surface area contributed by atoms with Crippen LogP contribution in [0.25, 0.3) is 22.1 Å². The van der Waals surface area contributed by atoms with Crippen LogP contribution < -0.4 is 20.3 Å². The quantitative estimate of drug-likeness (QED) is 0.207. The number of fused-ring (bicyclic) bond motifs is 3. The third-order valence-corrected chi connectivity index (χ3v) is 10.3. The number of hydrogen-bond donors (Lipinski definition) is 2. The number of aromatic amines is 1. The second-order valence-corrected chi connectivity index (χ2v) is 13.7. The minimum absolute atomic E-state index is 0.0649. The van der Waals surface area contributed by atoms with E-state index in [1.807, 2.05) is 43.6 Å². The fourth-order valence-corrected chi connectivity index (χ4v) is 7.13. The van der Waals surface area contributed by atoms with Gasteiger partial charge in [0.1, 0.15) is 28.1 Å². The van der Waals surface area contributed by atoms with Gasteiger partial charge in [-0.25, -0.2) is 4.98 Å². The Bertz CT molecular complexity index is 2170. The number of morpholine rings is 1. The first-order chi connectivity index (χ1) is 25.8. The van der Waals surface area contributed by atoms with Crippen molar-refractivity contribution in [1.82, 2.24) is 29.6 Å². The molecule has 15 nitrogen and oxygen atoms in total. The number of furan rings is 1. The SMILES string of the molecule is CC1N(c2cc(C#Cc3ccn(C)n3)c[nH]c2=O)CCOC12COC2.CN1CCN(c2nc(N3CCCC3)c3oc4ccccc4c3n2)CC1.O=CO. The number of carbonyl (C=O) groups is 1. The van der Waals surface area contributed by atoms with Crippen LogP contribution in [0, 0.1) is 11.8 Å². The molecule has 0 aliphatic carbocycles. The Morgan fingerprint density at radius 1 is 0.981 bits per heavy atom. The van der Waals surface area contributed by atoms with Crippen molar-refractivity contribution in [1.29, 1.82) is 0 Å². The summed E-state index contributed by atoms with van der Waals surface area (Å²) >= 11 is 0. The first-order valence-corrected chi connectivity index (χ1v) is 18.0. The van der Waals surface area contributed by atoms with Gasteiger partial charge in [0.25, 0.3) is 12.0 Å².